The molecule has 1 atom stereocenters. The molecule has 0 bridgehead atoms. The summed E-state index contributed by atoms with van der Waals surface area (Å²) in [6, 6.07) is 10.5. The minimum atomic E-state index is -0.315. The van der Waals surface area contributed by atoms with Crippen molar-refractivity contribution in [2.75, 3.05) is 13.1 Å². The van der Waals surface area contributed by atoms with Crippen LogP contribution in [0, 0.1) is 0 Å². The van der Waals surface area contributed by atoms with Gasteiger partial charge in [0.15, 0.2) is 5.76 Å². The summed E-state index contributed by atoms with van der Waals surface area (Å²) in [4.78, 5) is 26.0. The van der Waals surface area contributed by atoms with Gasteiger partial charge in [-0.3, -0.25) is 9.59 Å². The molecule has 6 heteroatoms. The van der Waals surface area contributed by atoms with Gasteiger partial charge in [0, 0.05) is 25.1 Å². The highest BCUT2D eigenvalue weighted by atomic mass is 35.5. The Kier molecular flexibility index (Phi) is 4.90. The maximum atomic E-state index is 12.3. The van der Waals surface area contributed by atoms with Crippen LogP contribution in [-0.2, 0) is 4.79 Å². The minimum Gasteiger partial charge on any atom is -0.451 e. The summed E-state index contributed by atoms with van der Waals surface area (Å²) in [7, 11) is 0. The zero-order valence-corrected chi connectivity index (χ0v) is 14.2. The number of furan rings is 1. The number of halogens is 1. The third-order valence-corrected chi connectivity index (χ3v) is 4.34. The van der Waals surface area contributed by atoms with E-state index in [4.69, 9.17) is 16.0 Å². The summed E-state index contributed by atoms with van der Waals surface area (Å²) < 4.78 is 5.63. The maximum Gasteiger partial charge on any atom is 0.287 e. The van der Waals surface area contributed by atoms with Crippen LogP contribution in [0.2, 0.25) is 5.02 Å². The molecule has 1 aliphatic heterocycles. The van der Waals surface area contributed by atoms with Crippen LogP contribution in [0.5, 0.6) is 0 Å². The lowest BCUT2D eigenvalue weighted by Gasteiger charge is -2.15. The molecule has 1 saturated heterocycles. The van der Waals surface area contributed by atoms with Crippen LogP contribution in [0.25, 0.3) is 11.3 Å². The minimum absolute atomic E-state index is 0.0818. The number of benzene rings is 1. The number of carbonyl (C=O) groups excluding carboxylic acids is 2. The fourth-order valence-corrected chi connectivity index (χ4v) is 3.11. The van der Waals surface area contributed by atoms with Gasteiger partial charge in [0.1, 0.15) is 5.76 Å². The molecule has 5 nitrogen and oxygen atoms in total. The Morgan fingerprint density at radius 2 is 2.12 bits per heavy atom. The van der Waals surface area contributed by atoms with Gasteiger partial charge in [-0.15, -0.1) is 0 Å². The number of amides is 2. The monoisotopic (exact) mass is 346 g/mol. The molecule has 0 radical (unpaired) electrons. The number of hydrogen-bond donors (Lipinski definition) is 1. The van der Waals surface area contributed by atoms with Crippen molar-refractivity contribution >= 4 is 23.4 Å². The number of likely N-dealkylation sites (tertiary alicyclic amines) is 1. The maximum absolute atomic E-state index is 12.3. The molecule has 0 saturated carbocycles. The molecular formula is C18H19ClN2O3. The van der Waals surface area contributed by atoms with E-state index >= 15 is 0 Å². The summed E-state index contributed by atoms with van der Waals surface area (Å²) in [5, 5.41) is 3.43. The van der Waals surface area contributed by atoms with Crippen molar-refractivity contribution in [3.05, 3.63) is 47.2 Å². The van der Waals surface area contributed by atoms with Gasteiger partial charge >= 0.3 is 0 Å². The Bertz CT molecular complexity index is 756. The second kappa shape index (κ2) is 7.09. The summed E-state index contributed by atoms with van der Waals surface area (Å²) >= 11 is 6.14. The average Bonchev–Trinajstić information content (AvgIpc) is 3.16. The molecular weight excluding hydrogens is 328 g/mol. The van der Waals surface area contributed by atoms with Gasteiger partial charge in [-0.25, -0.2) is 0 Å². The highest BCUT2D eigenvalue weighted by Gasteiger charge is 2.30. The number of nitrogens with one attached hydrogen (secondary N) is 1. The standard InChI is InChI=1S/C18H19ClN2O3/c1-2-9-21-11-12(10-17(21)22)20-18(23)16-8-7-15(24-16)13-5-3-4-6-14(13)19/h3-8,12H,2,9-11H2,1H3,(H,20,23)/t12-/m1/s1. The molecule has 2 aromatic rings. The second-order valence-electron chi connectivity index (χ2n) is 5.86. The molecule has 0 spiro atoms. The van der Waals surface area contributed by atoms with Crippen molar-refractivity contribution < 1.29 is 14.0 Å². The van der Waals surface area contributed by atoms with E-state index in [0.29, 0.717) is 23.7 Å². The van der Waals surface area contributed by atoms with Crippen LogP contribution in [0.15, 0.2) is 40.8 Å². The number of hydrogen-bond acceptors (Lipinski definition) is 3. The van der Waals surface area contributed by atoms with Crippen LogP contribution in [-0.4, -0.2) is 35.8 Å². The molecule has 2 heterocycles. The number of rotatable bonds is 5. The van der Waals surface area contributed by atoms with Crippen LogP contribution in [0.1, 0.15) is 30.3 Å². The Morgan fingerprint density at radius 1 is 1.33 bits per heavy atom. The lowest BCUT2D eigenvalue weighted by atomic mass is 10.2. The Hall–Kier alpha value is -2.27. The Labute approximate surface area is 145 Å². The van der Waals surface area contributed by atoms with Gasteiger partial charge in [0.2, 0.25) is 5.91 Å². The van der Waals surface area contributed by atoms with Gasteiger partial charge in [-0.2, -0.15) is 0 Å². The largest absolute Gasteiger partial charge is 0.451 e. The predicted molar refractivity (Wildman–Crippen MR) is 91.9 cm³/mol. The van der Waals surface area contributed by atoms with Crippen molar-refractivity contribution in [1.82, 2.24) is 10.2 Å². The molecule has 126 valence electrons. The van der Waals surface area contributed by atoms with Gasteiger partial charge in [0.05, 0.1) is 11.1 Å². The normalized spacial score (nSPS) is 17.3. The van der Waals surface area contributed by atoms with Crippen molar-refractivity contribution in [3.8, 4) is 11.3 Å². The smallest absolute Gasteiger partial charge is 0.287 e. The zero-order valence-electron chi connectivity index (χ0n) is 13.4. The summed E-state index contributed by atoms with van der Waals surface area (Å²) in [5.41, 5.74) is 0.739. The third-order valence-electron chi connectivity index (χ3n) is 4.01. The van der Waals surface area contributed by atoms with Gasteiger partial charge in [-0.05, 0) is 30.7 Å². The molecule has 1 aromatic carbocycles. The molecule has 1 aromatic heterocycles. The van der Waals surface area contributed by atoms with E-state index in [2.05, 4.69) is 5.32 Å². The molecule has 24 heavy (non-hydrogen) atoms. The number of carbonyl (C=O) groups is 2. The summed E-state index contributed by atoms with van der Waals surface area (Å²) in [6.45, 7) is 3.30. The summed E-state index contributed by atoms with van der Waals surface area (Å²) in [5.74, 6) is 0.523. The topological polar surface area (TPSA) is 62.6 Å². The lowest BCUT2D eigenvalue weighted by Crippen LogP contribution is -2.37. The van der Waals surface area contributed by atoms with Crippen LogP contribution in [0.3, 0.4) is 0 Å². The first-order valence-corrected chi connectivity index (χ1v) is 8.39. The Balaban J connectivity index is 1.67. The fraction of sp³-hybridized carbons (Fsp3) is 0.333. The molecule has 1 aliphatic rings. The first-order chi connectivity index (χ1) is 11.6. The van der Waals surface area contributed by atoms with E-state index in [1.807, 2.05) is 25.1 Å². The van der Waals surface area contributed by atoms with Crippen LogP contribution < -0.4 is 5.32 Å². The van der Waals surface area contributed by atoms with Crippen LogP contribution >= 0.6 is 11.6 Å². The van der Waals surface area contributed by atoms with Gasteiger partial charge in [-0.1, -0.05) is 30.7 Å². The van der Waals surface area contributed by atoms with E-state index < -0.39 is 0 Å². The van der Waals surface area contributed by atoms with Crippen molar-refractivity contribution in [1.29, 1.82) is 0 Å². The molecule has 0 aliphatic carbocycles. The van der Waals surface area contributed by atoms with E-state index in [1.165, 1.54) is 0 Å². The first-order valence-electron chi connectivity index (χ1n) is 8.02. The zero-order chi connectivity index (χ0) is 17.1. The second-order valence-corrected chi connectivity index (χ2v) is 6.27. The highest BCUT2D eigenvalue weighted by molar-refractivity contribution is 6.33. The SMILES string of the molecule is CCCN1C[C@H](NC(=O)c2ccc(-c3ccccc3Cl)o2)CC1=O. The van der Waals surface area contributed by atoms with Crippen molar-refractivity contribution in [3.63, 3.8) is 0 Å². The number of nitrogens with zero attached hydrogens (tertiary/aromatic N) is 1. The van der Waals surface area contributed by atoms with E-state index in [0.717, 1.165) is 18.5 Å². The molecule has 3 rings (SSSR count). The van der Waals surface area contributed by atoms with Crippen LogP contribution in [0.4, 0.5) is 0 Å². The third kappa shape index (κ3) is 3.46. The summed E-state index contributed by atoms with van der Waals surface area (Å²) in [6.07, 6.45) is 1.25. The molecule has 2 amide bonds. The van der Waals surface area contributed by atoms with Crippen molar-refractivity contribution in [2.45, 2.75) is 25.8 Å². The van der Waals surface area contributed by atoms with E-state index in [9.17, 15) is 9.59 Å². The molecule has 1 fully saturated rings. The predicted octanol–water partition coefficient (Wildman–Crippen LogP) is 3.34. The lowest BCUT2D eigenvalue weighted by molar-refractivity contribution is -0.127. The van der Waals surface area contributed by atoms with E-state index in [-0.39, 0.29) is 23.6 Å². The quantitative estimate of drug-likeness (QED) is 0.903. The molecule has 0 unspecified atom stereocenters. The average molecular weight is 347 g/mol. The van der Waals surface area contributed by atoms with Gasteiger partial charge < -0.3 is 14.6 Å². The Morgan fingerprint density at radius 3 is 2.88 bits per heavy atom. The van der Waals surface area contributed by atoms with E-state index in [1.54, 1.807) is 23.1 Å². The highest BCUT2D eigenvalue weighted by Crippen LogP contribution is 2.29. The van der Waals surface area contributed by atoms with Crippen molar-refractivity contribution in [2.24, 2.45) is 0 Å². The molecule has 1 N–H and O–H groups in total. The fourth-order valence-electron chi connectivity index (χ4n) is 2.88. The van der Waals surface area contributed by atoms with Gasteiger partial charge in [0.25, 0.3) is 5.91 Å². The first kappa shape index (κ1) is 16.6.